The van der Waals surface area contributed by atoms with E-state index in [4.69, 9.17) is 10.5 Å². The third-order valence-electron chi connectivity index (χ3n) is 0.550. The van der Waals surface area contributed by atoms with E-state index in [1.807, 2.05) is 0 Å². The molecule has 0 rings (SSSR count). The van der Waals surface area contributed by atoms with Crippen LogP contribution in [0, 0.1) is 22.7 Å². The quantitative estimate of drug-likeness (QED) is 0.564. The Hall–Kier alpha value is -0.670. The zero-order valence-corrected chi connectivity index (χ0v) is 6.81. The molecule has 52 valence electrons. The van der Waals surface area contributed by atoms with Crippen LogP contribution in [0.3, 0.4) is 0 Å². The first kappa shape index (κ1) is 15.8. The maximum Gasteiger partial charge on any atom is 0.181 e. The highest BCUT2D eigenvalue weighted by Crippen LogP contribution is 1.76. The van der Waals surface area contributed by atoms with E-state index in [9.17, 15) is 0 Å². The van der Waals surface area contributed by atoms with E-state index in [0.717, 1.165) is 0 Å². The number of nitriles is 2. The minimum atomic E-state index is 0. The van der Waals surface area contributed by atoms with Crippen LogP contribution in [-0.4, -0.2) is 0 Å². The van der Waals surface area contributed by atoms with Gasteiger partial charge in [-0.25, -0.2) is 0 Å². The van der Waals surface area contributed by atoms with Gasteiger partial charge in [0.15, 0.2) is 12.1 Å². The van der Waals surface area contributed by atoms with Crippen molar-refractivity contribution in [1.29, 1.82) is 10.5 Å². The Morgan fingerprint density at radius 3 is 1.22 bits per heavy atom. The van der Waals surface area contributed by atoms with Crippen LogP contribution < -0.4 is 0 Å². The molecule has 0 aromatic heterocycles. The Kier molecular flexibility index (Phi) is 46.4. The molecule has 0 unspecified atom stereocenters. The topological polar surface area (TPSA) is 47.6 Å². The molecule has 0 amide bonds. The van der Waals surface area contributed by atoms with E-state index >= 15 is 0 Å². The predicted octanol–water partition coefficient (Wildman–Crippen LogP) is 1.95. The molecule has 0 aliphatic carbocycles. The second-order valence-corrected chi connectivity index (χ2v) is 1.22. The van der Waals surface area contributed by atoms with Crippen LogP contribution >= 0.6 is 13.5 Å². The fourth-order valence-corrected chi connectivity index (χ4v) is 0. The van der Waals surface area contributed by atoms with Gasteiger partial charge in [0.05, 0.1) is 0 Å². The van der Waals surface area contributed by atoms with Gasteiger partial charge in [-0.15, -0.1) is 0 Å². The van der Waals surface area contributed by atoms with Crippen molar-refractivity contribution >= 4 is 13.5 Å². The molecule has 0 saturated carbocycles. The Morgan fingerprint density at radius 2 is 1.22 bits per heavy atom. The van der Waals surface area contributed by atoms with Crippen LogP contribution in [0.15, 0.2) is 0 Å². The Balaban J connectivity index is -0.0000000720. The van der Waals surface area contributed by atoms with E-state index < -0.39 is 0 Å². The summed E-state index contributed by atoms with van der Waals surface area (Å²) in [4.78, 5) is 0. The van der Waals surface area contributed by atoms with Gasteiger partial charge in [0.1, 0.15) is 0 Å². The van der Waals surface area contributed by atoms with Crippen molar-refractivity contribution in [2.24, 2.45) is 0 Å². The van der Waals surface area contributed by atoms with E-state index in [2.05, 4.69) is 13.8 Å². The van der Waals surface area contributed by atoms with Crippen LogP contribution in [-0.2, 0) is 0 Å². The first-order valence-electron chi connectivity index (χ1n) is 2.61. The highest BCUT2D eigenvalue weighted by Gasteiger charge is 1.56. The van der Waals surface area contributed by atoms with Crippen molar-refractivity contribution < 1.29 is 0 Å². The lowest BCUT2D eigenvalue weighted by molar-refractivity contribution is 0.886. The molecule has 9 heavy (non-hydrogen) atoms. The molecule has 0 N–H and O–H groups in total. The normalized spacial score (nSPS) is 4.44. The minimum Gasteiger partial charge on any atom is -0.197 e. The van der Waals surface area contributed by atoms with Crippen molar-refractivity contribution in [2.45, 2.75) is 26.7 Å². The van der Waals surface area contributed by atoms with E-state index in [1.165, 1.54) is 25.0 Å². The third kappa shape index (κ3) is 118. The van der Waals surface area contributed by atoms with E-state index in [0.29, 0.717) is 0 Å². The summed E-state index contributed by atoms with van der Waals surface area (Å²) in [6.07, 6.45) is 2.64. The summed E-state index contributed by atoms with van der Waals surface area (Å²) in [5.74, 6) is 0. The zero-order chi connectivity index (χ0) is 6.83. The highest BCUT2D eigenvalue weighted by molar-refractivity contribution is 7.59. The van der Waals surface area contributed by atoms with Crippen molar-refractivity contribution in [3.8, 4) is 12.1 Å². The maximum absolute atomic E-state index is 7.26. The molecule has 0 spiro atoms. The largest absolute Gasteiger partial charge is 0.197 e. The molecular formula is C6H12N2S. The summed E-state index contributed by atoms with van der Waals surface area (Å²) in [5.41, 5.74) is 0. The standard InChI is InChI=1S/C4H10.C2N2.H2S/c1-3-4-2;3-1-2-4;/h3-4H2,1-2H3;;1H2. The van der Waals surface area contributed by atoms with Gasteiger partial charge in [0.2, 0.25) is 0 Å². The average molecular weight is 144 g/mol. The van der Waals surface area contributed by atoms with Crippen LogP contribution in [0.1, 0.15) is 26.7 Å². The SMILES string of the molecule is CCCC.N#CC#N.S. The van der Waals surface area contributed by atoms with Gasteiger partial charge in [-0.1, -0.05) is 26.7 Å². The first-order chi connectivity index (χ1) is 3.83. The molecule has 0 saturated heterocycles. The molecule has 0 fully saturated rings. The second-order valence-electron chi connectivity index (χ2n) is 1.22. The van der Waals surface area contributed by atoms with Crippen LogP contribution in [0.2, 0.25) is 0 Å². The first-order valence-corrected chi connectivity index (χ1v) is 2.61. The lowest BCUT2D eigenvalue weighted by Crippen LogP contribution is -1.47. The number of hydrogen-bond acceptors (Lipinski definition) is 2. The van der Waals surface area contributed by atoms with Crippen molar-refractivity contribution in [1.82, 2.24) is 0 Å². The molecule has 3 heteroatoms. The number of unbranched alkanes of at least 4 members (excludes halogenated alkanes) is 1. The van der Waals surface area contributed by atoms with Crippen molar-refractivity contribution in [2.75, 3.05) is 0 Å². The van der Waals surface area contributed by atoms with E-state index in [-0.39, 0.29) is 13.5 Å². The van der Waals surface area contributed by atoms with Crippen LogP contribution in [0.5, 0.6) is 0 Å². The minimum absolute atomic E-state index is 0. The van der Waals surface area contributed by atoms with Gasteiger partial charge in [0.25, 0.3) is 0 Å². The average Bonchev–Trinajstić information content (AvgIpc) is 1.88. The molecular weight excluding hydrogens is 132 g/mol. The zero-order valence-electron chi connectivity index (χ0n) is 5.81. The summed E-state index contributed by atoms with van der Waals surface area (Å²) >= 11 is 0. The third-order valence-corrected chi connectivity index (χ3v) is 0.550. The highest BCUT2D eigenvalue weighted by atomic mass is 32.1. The fraction of sp³-hybridized carbons (Fsp3) is 0.667. The molecule has 0 radical (unpaired) electrons. The summed E-state index contributed by atoms with van der Waals surface area (Å²) in [6, 6.07) is 2.47. The molecule has 0 bridgehead atoms. The van der Waals surface area contributed by atoms with Gasteiger partial charge in [-0.3, -0.25) is 0 Å². The summed E-state index contributed by atoms with van der Waals surface area (Å²) in [6.45, 7) is 4.36. The van der Waals surface area contributed by atoms with Crippen molar-refractivity contribution in [3.63, 3.8) is 0 Å². The number of hydrogen-bond donors (Lipinski definition) is 0. The van der Waals surface area contributed by atoms with Crippen LogP contribution in [0.25, 0.3) is 0 Å². The van der Waals surface area contributed by atoms with Crippen molar-refractivity contribution in [3.05, 3.63) is 0 Å². The van der Waals surface area contributed by atoms with Crippen LogP contribution in [0.4, 0.5) is 0 Å². The second kappa shape index (κ2) is 26.5. The molecule has 0 aromatic rings. The monoisotopic (exact) mass is 144 g/mol. The van der Waals surface area contributed by atoms with Gasteiger partial charge < -0.3 is 0 Å². The molecule has 0 aliphatic heterocycles. The summed E-state index contributed by atoms with van der Waals surface area (Å²) < 4.78 is 0. The Labute approximate surface area is 63.5 Å². The van der Waals surface area contributed by atoms with E-state index in [1.54, 1.807) is 0 Å². The van der Waals surface area contributed by atoms with Gasteiger partial charge in [-0.2, -0.15) is 24.0 Å². The number of nitrogens with zero attached hydrogens (tertiary/aromatic N) is 2. The predicted molar refractivity (Wildman–Crippen MR) is 42.2 cm³/mol. The molecule has 0 aliphatic rings. The molecule has 0 heterocycles. The Morgan fingerprint density at radius 1 is 1.00 bits per heavy atom. The fourth-order valence-electron chi connectivity index (χ4n) is 0. The number of rotatable bonds is 1. The summed E-state index contributed by atoms with van der Waals surface area (Å²) in [5, 5.41) is 14.5. The van der Waals surface area contributed by atoms with Gasteiger partial charge in [0, 0.05) is 0 Å². The lowest BCUT2D eigenvalue weighted by atomic mass is 10.4. The lowest BCUT2D eigenvalue weighted by Gasteiger charge is -1.68. The molecule has 0 atom stereocenters. The summed E-state index contributed by atoms with van der Waals surface area (Å²) in [7, 11) is 0. The molecule has 0 aromatic carbocycles. The molecule has 2 nitrogen and oxygen atoms in total. The smallest absolute Gasteiger partial charge is 0.181 e. The van der Waals surface area contributed by atoms with Gasteiger partial charge in [-0.05, 0) is 0 Å². The Bertz CT molecular complexity index is 84.6. The van der Waals surface area contributed by atoms with Gasteiger partial charge >= 0.3 is 0 Å². The maximum atomic E-state index is 7.26.